The molecule has 0 heterocycles. The summed E-state index contributed by atoms with van der Waals surface area (Å²) in [5.41, 5.74) is 5.26. The van der Waals surface area contributed by atoms with Crippen molar-refractivity contribution in [1.82, 2.24) is 0 Å². The first-order chi connectivity index (χ1) is 10.3. The van der Waals surface area contributed by atoms with Gasteiger partial charge in [0.15, 0.2) is 0 Å². The minimum atomic E-state index is 0.167. The van der Waals surface area contributed by atoms with Crippen molar-refractivity contribution in [2.75, 3.05) is 13.2 Å². The molecule has 0 aliphatic carbocycles. The van der Waals surface area contributed by atoms with Crippen LogP contribution in [-0.2, 0) is 0 Å². The largest absolute Gasteiger partial charge is 0.392 e. The molecule has 0 aromatic rings. The fourth-order valence-electron chi connectivity index (χ4n) is 1.69. The average molecular weight is 309 g/mol. The molecular formula is C20H36O2. The Balaban J connectivity index is 0. The predicted molar refractivity (Wildman–Crippen MR) is 99.0 cm³/mol. The van der Waals surface area contributed by atoms with Crippen molar-refractivity contribution in [3.05, 3.63) is 46.6 Å². The summed E-state index contributed by atoms with van der Waals surface area (Å²) < 4.78 is 0. The van der Waals surface area contributed by atoms with E-state index in [1.54, 1.807) is 0 Å². The smallest absolute Gasteiger partial charge is 0.0614 e. The number of aliphatic hydroxyl groups is 2. The van der Waals surface area contributed by atoms with Crippen LogP contribution >= 0.6 is 0 Å². The Hall–Kier alpha value is -1.12. The zero-order chi connectivity index (χ0) is 17.4. The summed E-state index contributed by atoms with van der Waals surface area (Å²) in [6.45, 7) is 12.8. The van der Waals surface area contributed by atoms with Gasteiger partial charge in [-0.1, -0.05) is 46.6 Å². The average Bonchev–Trinajstić information content (AvgIpc) is 2.39. The molecule has 22 heavy (non-hydrogen) atoms. The molecule has 0 unspecified atom stereocenters. The molecule has 0 saturated carbocycles. The molecule has 0 spiro atoms. The van der Waals surface area contributed by atoms with E-state index in [0.717, 1.165) is 25.7 Å². The minimum Gasteiger partial charge on any atom is -0.392 e. The fraction of sp³-hybridized carbons (Fsp3) is 0.600. The van der Waals surface area contributed by atoms with Crippen LogP contribution in [0.15, 0.2) is 46.6 Å². The van der Waals surface area contributed by atoms with Crippen LogP contribution in [0, 0.1) is 0 Å². The van der Waals surface area contributed by atoms with Crippen molar-refractivity contribution in [2.24, 2.45) is 0 Å². The molecule has 0 aliphatic rings. The molecule has 0 saturated heterocycles. The third-order valence-electron chi connectivity index (χ3n) is 3.06. The topological polar surface area (TPSA) is 40.5 Å². The van der Waals surface area contributed by atoms with Crippen molar-refractivity contribution < 1.29 is 10.2 Å². The zero-order valence-corrected chi connectivity index (χ0v) is 15.4. The third-order valence-corrected chi connectivity index (χ3v) is 3.06. The van der Waals surface area contributed by atoms with Crippen LogP contribution in [-0.4, -0.2) is 23.4 Å². The highest BCUT2D eigenvalue weighted by Crippen LogP contribution is 2.06. The maximum Gasteiger partial charge on any atom is 0.0614 e. The van der Waals surface area contributed by atoms with Gasteiger partial charge in [-0.05, 0) is 67.2 Å². The first-order valence-corrected chi connectivity index (χ1v) is 8.13. The summed E-state index contributed by atoms with van der Waals surface area (Å²) in [4.78, 5) is 0. The van der Waals surface area contributed by atoms with Crippen LogP contribution in [0.4, 0.5) is 0 Å². The van der Waals surface area contributed by atoms with E-state index in [-0.39, 0.29) is 13.2 Å². The highest BCUT2D eigenvalue weighted by molar-refractivity contribution is 5.02. The molecule has 0 aromatic heterocycles. The summed E-state index contributed by atoms with van der Waals surface area (Å²) in [7, 11) is 0. The van der Waals surface area contributed by atoms with Crippen molar-refractivity contribution >= 4 is 0 Å². The van der Waals surface area contributed by atoms with Gasteiger partial charge in [0.25, 0.3) is 0 Å². The van der Waals surface area contributed by atoms with Gasteiger partial charge in [-0.25, -0.2) is 0 Å². The maximum atomic E-state index is 8.55. The molecule has 0 aliphatic heterocycles. The first-order valence-electron chi connectivity index (χ1n) is 8.13. The van der Waals surface area contributed by atoms with Crippen LogP contribution in [0.25, 0.3) is 0 Å². The highest BCUT2D eigenvalue weighted by atomic mass is 16.3. The van der Waals surface area contributed by atoms with Crippen LogP contribution in [0.3, 0.4) is 0 Å². The van der Waals surface area contributed by atoms with Gasteiger partial charge in [0.05, 0.1) is 13.2 Å². The molecular weight excluding hydrogens is 272 g/mol. The Bertz CT molecular complexity index is 339. The Morgan fingerprint density at radius 2 is 0.909 bits per heavy atom. The number of rotatable bonds is 8. The molecule has 2 N–H and O–H groups in total. The third kappa shape index (κ3) is 21.2. The number of allylic oxidation sites excluding steroid dienone is 6. The lowest BCUT2D eigenvalue weighted by Crippen LogP contribution is -1.80. The van der Waals surface area contributed by atoms with E-state index in [1.165, 1.54) is 22.3 Å². The van der Waals surface area contributed by atoms with Gasteiger partial charge in [0, 0.05) is 0 Å². The molecule has 0 aromatic carbocycles. The molecule has 0 fully saturated rings. The molecule has 2 heteroatoms. The van der Waals surface area contributed by atoms with Gasteiger partial charge in [-0.3, -0.25) is 0 Å². The van der Waals surface area contributed by atoms with E-state index < -0.39 is 0 Å². The summed E-state index contributed by atoms with van der Waals surface area (Å²) in [5.74, 6) is 0. The van der Waals surface area contributed by atoms with Crippen molar-refractivity contribution in [2.45, 2.75) is 67.2 Å². The zero-order valence-electron chi connectivity index (χ0n) is 15.4. The maximum absolute atomic E-state index is 8.55. The van der Waals surface area contributed by atoms with Gasteiger partial charge in [0.1, 0.15) is 0 Å². The molecule has 0 amide bonds. The summed E-state index contributed by atoms with van der Waals surface area (Å²) >= 11 is 0. The number of hydrogen-bond acceptors (Lipinski definition) is 2. The van der Waals surface area contributed by atoms with Crippen molar-refractivity contribution in [3.63, 3.8) is 0 Å². The lowest BCUT2D eigenvalue weighted by atomic mass is 10.1. The van der Waals surface area contributed by atoms with E-state index in [4.69, 9.17) is 10.2 Å². The van der Waals surface area contributed by atoms with Crippen LogP contribution in [0.5, 0.6) is 0 Å². The lowest BCUT2D eigenvalue weighted by molar-refractivity contribution is 0.341. The van der Waals surface area contributed by atoms with Crippen molar-refractivity contribution in [1.29, 1.82) is 0 Å². The van der Waals surface area contributed by atoms with E-state index in [9.17, 15) is 0 Å². The second kappa shape index (κ2) is 16.3. The molecule has 0 rings (SSSR count). The monoisotopic (exact) mass is 308 g/mol. The Labute approximate surface area is 138 Å². The summed E-state index contributed by atoms with van der Waals surface area (Å²) in [5, 5.41) is 17.1. The Kier molecular flexibility index (Phi) is 17.1. The normalized spacial score (nSPS) is 11.5. The van der Waals surface area contributed by atoms with Crippen LogP contribution < -0.4 is 0 Å². The van der Waals surface area contributed by atoms with Gasteiger partial charge >= 0.3 is 0 Å². The minimum absolute atomic E-state index is 0.167. The molecule has 0 atom stereocenters. The Morgan fingerprint density at radius 3 is 1.14 bits per heavy atom. The molecule has 0 bridgehead atoms. The van der Waals surface area contributed by atoms with Gasteiger partial charge in [-0.2, -0.15) is 0 Å². The molecule has 2 nitrogen and oxygen atoms in total. The predicted octanol–water partition coefficient (Wildman–Crippen LogP) is 5.34. The SMILES string of the molecule is CC(C)=CCCC(C)=CCO.CC(C)=CCCC(C)=CCO. The first kappa shape index (κ1) is 23.2. The van der Waals surface area contributed by atoms with E-state index >= 15 is 0 Å². The standard InChI is InChI=1S/2C10H18O/c2*1-9(2)5-4-6-10(3)7-8-11/h2*5,7,11H,4,6,8H2,1-3H3. The van der Waals surface area contributed by atoms with E-state index in [1.807, 2.05) is 12.2 Å². The second-order valence-corrected chi connectivity index (χ2v) is 6.11. The number of aliphatic hydroxyl groups excluding tert-OH is 2. The molecule has 128 valence electrons. The van der Waals surface area contributed by atoms with Crippen molar-refractivity contribution in [3.8, 4) is 0 Å². The fourth-order valence-corrected chi connectivity index (χ4v) is 1.69. The van der Waals surface area contributed by atoms with E-state index in [2.05, 4.69) is 53.7 Å². The molecule has 0 radical (unpaired) electrons. The quantitative estimate of drug-likeness (QED) is 0.594. The Morgan fingerprint density at radius 1 is 0.591 bits per heavy atom. The lowest BCUT2D eigenvalue weighted by Gasteiger charge is -1.96. The van der Waals surface area contributed by atoms with Gasteiger partial charge in [0.2, 0.25) is 0 Å². The summed E-state index contributed by atoms with van der Waals surface area (Å²) in [6.07, 6.45) is 12.5. The van der Waals surface area contributed by atoms with Crippen LogP contribution in [0.2, 0.25) is 0 Å². The summed E-state index contributed by atoms with van der Waals surface area (Å²) in [6, 6.07) is 0. The number of hydrogen-bond donors (Lipinski definition) is 2. The van der Waals surface area contributed by atoms with Crippen LogP contribution in [0.1, 0.15) is 67.2 Å². The second-order valence-electron chi connectivity index (χ2n) is 6.11. The van der Waals surface area contributed by atoms with E-state index in [0.29, 0.717) is 0 Å². The van der Waals surface area contributed by atoms with Gasteiger partial charge < -0.3 is 10.2 Å². The van der Waals surface area contributed by atoms with Gasteiger partial charge in [-0.15, -0.1) is 0 Å². The highest BCUT2D eigenvalue weighted by Gasteiger charge is 1.87.